The van der Waals surface area contributed by atoms with E-state index in [0.717, 1.165) is 37.8 Å². The molecule has 2 unspecified atom stereocenters. The maximum Gasteiger partial charge on any atom is 0.141 e. The molecule has 2 atom stereocenters. The summed E-state index contributed by atoms with van der Waals surface area (Å²) < 4.78 is 14.8. The van der Waals surface area contributed by atoms with Gasteiger partial charge in [-0.25, -0.2) is 4.39 Å². The van der Waals surface area contributed by atoms with Gasteiger partial charge in [-0.2, -0.15) is 0 Å². The van der Waals surface area contributed by atoms with E-state index in [4.69, 9.17) is 0 Å². The number of nitrogens with one attached hydrogen (secondary N) is 1. The molecule has 0 bridgehead atoms. The minimum absolute atomic E-state index is 0.0285. The van der Waals surface area contributed by atoms with Crippen molar-refractivity contribution in [2.75, 3.05) is 6.54 Å². The van der Waals surface area contributed by atoms with Crippen LogP contribution in [0.2, 0.25) is 0 Å². The molecule has 1 saturated carbocycles. The van der Waals surface area contributed by atoms with E-state index in [-0.39, 0.29) is 11.2 Å². The fourth-order valence-electron chi connectivity index (χ4n) is 2.98. The minimum atomic E-state index is -0.0869. The lowest BCUT2D eigenvalue weighted by Gasteiger charge is -2.26. The van der Waals surface area contributed by atoms with Gasteiger partial charge in [0.1, 0.15) is 5.82 Å². The van der Waals surface area contributed by atoms with Gasteiger partial charge in [-0.3, -0.25) is 0 Å². The van der Waals surface area contributed by atoms with Gasteiger partial charge in [-0.05, 0) is 65.2 Å². The predicted octanol–water partition coefficient (Wildman–Crippen LogP) is 4.40. The van der Waals surface area contributed by atoms with Crippen molar-refractivity contribution in [2.45, 2.75) is 51.0 Å². The second-order valence-electron chi connectivity index (χ2n) is 5.56. The first-order valence-electron chi connectivity index (χ1n) is 6.74. The predicted molar refractivity (Wildman–Crippen MR) is 77.4 cm³/mol. The van der Waals surface area contributed by atoms with Crippen LogP contribution in [0.3, 0.4) is 0 Å². The molecule has 100 valence electrons. The zero-order valence-electron chi connectivity index (χ0n) is 11.1. The molecule has 2 rings (SSSR count). The van der Waals surface area contributed by atoms with Gasteiger partial charge in [0.25, 0.3) is 0 Å². The Bertz CT molecular complexity index is 421. The SMILES string of the molecule is CCCNC1CCC(C)(c2cccc(Br)c2F)C1. The average molecular weight is 314 g/mol. The number of benzene rings is 1. The highest BCUT2D eigenvalue weighted by Gasteiger charge is 2.38. The molecule has 0 aromatic heterocycles. The smallest absolute Gasteiger partial charge is 0.141 e. The lowest BCUT2D eigenvalue weighted by molar-refractivity contribution is 0.431. The van der Waals surface area contributed by atoms with Crippen molar-refractivity contribution >= 4 is 15.9 Å². The summed E-state index contributed by atoms with van der Waals surface area (Å²) in [5, 5.41) is 3.56. The van der Waals surface area contributed by atoms with Crippen LogP contribution in [0.25, 0.3) is 0 Å². The van der Waals surface area contributed by atoms with E-state index >= 15 is 0 Å². The van der Waals surface area contributed by atoms with Crippen molar-refractivity contribution in [3.8, 4) is 0 Å². The first kappa shape index (κ1) is 14.0. The molecule has 1 aromatic rings. The zero-order chi connectivity index (χ0) is 13.2. The van der Waals surface area contributed by atoms with Gasteiger partial charge in [0.15, 0.2) is 0 Å². The van der Waals surface area contributed by atoms with Gasteiger partial charge in [-0.1, -0.05) is 26.0 Å². The van der Waals surface area contributed by atoms with Crippen molar-refractivity contribution in [3.05, 3.63) is 34.1 Å². The molecular weight excluding hydrogens is 293 g/mol. The van der Waals surface area contributed by atoms with Gasteiger partial charge in [0, 0.05) is 6.04 Å². The zero-order valence-corrected chi connectivity index (χ0v) is 12.7. The minimum Gasteiger partial charge on any atom is -0.314 e. The van der Waals surface area contributed by atoms with Crippen LogP contribution in [0, 0.1) is 5.82 Å². The highest BCUT2D eigenvalue weighted by molar-refractivity contribution is 9.10. The standard InChI is InChI=1S/C15H21BrFN/c1-3-9-18-11-7-8-15(2,10-11)12-5-4-6-13(16)14(12)17/h4-6,11,18H,3,7-10H2,1-2H3. The van der Waals surface area contributed by atoms with E-state index in [1.54, 1.807) is 6.07 Å². The summed E-state index contributed by atoms with van der Waals surface area (Å²) in [6, 6.07) is 6.17. The van der Waals surface area contributed by atoms with Crippen LogP contribution in [0.5, 0.6) is 0 Å². The van der Waals surface area contributed by atoms with E-state index in [0.29, 0.717) is 10.5 Å². The monoisotopic (exact) mass is 313 g/mol. The Balaban J connectivity index is 2.15. The maximum atomic E-state index is 14.2. The van der Waals surface area contributed by atoms with Crippen LogP contribution in [-0.2, 0) is 5.41 Å². The highest BCUT2D eigenvalue weighted by atomic mass is 79.9. The topological polar surface area (TPSA) is 12.0 Å². The molecule has 0 radical (unpaired) electrons. The van der Waals surface area contributed by atoms with Crippen molar-refractivity contribution in [1.29, 1.82) is 0 Å². The molecule has 1 N–H and O–H groups in total. The van der Waals surface area contributed by atoms with E-state index < -0.39 is 0 Å². The second kappa shape index (κ2) is 5.70. The van der Waals surface area contributed by atoms with Crippen LogP contribution in [0.1, 0.15) is 45.1 Å². The molecular formula is C15H21BrFN. The van der Waals surface area contributed by atoms with Gasteiger partial charge in [0.2, 0.25) is 0 Å². The Labute approximate surface area is 117 Å². The third kappa shape index (κ3) is 2.77. The van der Waals surface area contributed by atoms with E-state index in [9.17, 15) is 4.39 Å². The lowest BCUT2D eigenvalue weighted by atomic mass is 9.80. The molecule has 1 aliphatic rings. The van der Waals surface area contributed by atoms with E-state index in [1.807, 2.05) is 12.1 Å². The molecule has 1 nitrogen and oxygen atoms in total. The molecule has 18 heavy (non-hydrogen) atoms. The third-order valence-corrected chi connectivity index (χ3v) is 4.64. The Morgan fingerprint density at radius 3 is 3.00 bits per heavy atom. The van der Waals surface area contributed by atoms with Crippen LogP contribution in [0.4, 0.5) is 4.39 Å². The Kier molecular flexibility index (Phi) is 4.44. The summed E-state index contributed by atoms with van der Waals surface area (Å²) in [6.45, 7) is 5.42. The fraction of sp³-hybridized carbons (Fsp3) is 0.600. The summed E-state index contributed by atoms with van der Waals surface area (Å²) in [5.74, 6) is -0.0869. The molecule has 1 fully saturated rings. The first-order valence-corrected chi connectivity index (χ1v) is 7.54. The maximum absolute atomic E-state index is 14.2. The summed E-state index contributed by atoms with van der Waals surface area (Å²) >= 11 is 3.28. The molecule has 1 aromatic carbocycles. The Morgan fingerprint density at radius 2 is 2.28 bits per heavy atom. The van der Waals surface area contributed by atoms with Crippen molar-refractivity contribution in [1.82, 2.24) is 5.32 Å². The normalized spacial score (nSPS) is 27.7. The van der Waals surface area contributed by atoms with Crippen LogP contribution in [-0.4, -0.2) is 12.6 Å². The van der Waals surface area contributed by atoms with E-state index in [1.165, 1.54) is 0 Å². The third-order valence-electron chi connectivity index (χ3n) is 4.03. The molecule has 3 heteroatoms. The summed E-state index contributed by atoms with van der Waals surface area (Å²) in [7, 11) is 0. The number of rotatable bonds is 4. The molecule has 0 heterocycles. The number of hydrogen-bond acceptors (Lipinski definition) is 1. The lowest BCUT2D eigenvalue weighted by Crippen LogP contribution is -2.29. The van der Waals surface area contributed by atoms with Crippen LogP contribution < -0.4 is 5.32 Å². The Morgan fingerprint density at radius 1 is 1.50 bits per heavy atom. The molecule has 1 aliphatic carbocycles. The molecule has 0 aliphatic heterocycles. The first-order chi connectivity index (χ1) is 8.57. The van der Waals surface area contributed by atoms with Crippen molar-refractivity contribution < 1.29 is 4.39 Å². The average Bonchev–Trinajstić information content (AvgIpc) is 2.73. The number of hydrogen-bond donors (Lipinski definition) is 1. The summed E-state index contributed by atoms with van der Waals surface area (Å²) in [4.78, 5) is 0. The van der Waals surface area contributed by atoms with Crippen molar-refractivity contribution in [2.24, 2.45) is 0 Å². The summed E-state index contributed by atoms with van der Waals surface area (Å²) in [6.07, 6.45) is 4.38. The van der Waals surface area contributed by atoms with Gasteiger partial charge in [-0.15, -0.1) is 0 Å². The largest absolute Gasteiger partial charge is 0.314 e. The van der Waals surface area contributed by atoms with Crippen molar-refractivity contribution in [3.63, 3.8) is 0 Å². The van der Waals surface area contributed by atoms with Gasteiger partial charge in [0.05, 0.1) is 4.47 Å². The summed E-state index contributed by atoms with van der Waals surface area (Å²) in [5.41, 5.74) is 0.830. The number of halogens is 2. The quantitative estimate of drug-likeness (QED) is 0.869. The van der Waals surface area contributed by atoms with E-state index in [2.05, 4.69) is 35.1 Å². The second-order valence-corrected chi connectivity index (χ2v) is 6.41. The Hall–Kier alpha value is -0.410. The molecule has 0 spiro atoms. The molecule has 0 amide bonds. The van der Waals surface area contributed by atoms with Gasteiger partial charge >= 0.3 is 0 Å². The highest BCUT2D eigenvalue weighted by Crippen LogP contribution is 2.42. The van der Waals surface area contributed by atoms with Gasteiger partial charge < -0.3 is 5.32 Å². The molecule has 0 saturated heterocycles. The van der Waals surface area contributed by atoms with Crippen LogP contribution in [0.15, 0.2) is 22.7 Å². The fourth-order valence-corrected chi connectivity index (χ4v) is 3.34. The van der Waals surface area contributed by atoms with Crippen LogP contribution >= 0.6 is 15.9 Å².